The fourth-order valence-corrected chi connectivity index (χ4v) is 4.00. The van der Waals surface area contributed by atoms with Crippen molar-refractivity contribution in [2.75, 3.05) is 11.4 Å². The fourth-order valence-electron chi connectivity index (χ4n) is 4.00. The molecule has 5 nitrogen and oxygen atoms in total. The monoisotopic (exact) mass is 380 g/mol. The normalized spacial score (nSPS) is 16.9. The number of benzene rings is 2. The highest BCUT2D eigenvalue weighted by Gasteiger charge is 2.37. The summed E-state index contributed by atoms with van der Waals surface area (Å²) in [5.41, 5.74) is 9.88. The first-order valence-electron chi connectivity index (χ1n) is 9.58. The van der Waals surface area contributed by atoms with Crippen molar-refractivity contribution in [3.05, 3.63) is 59.2 Å². The highest BCUT2D eigenvalue weighted by atomic mass is 16.4. The predicted octanol–water partition coefficient (Wildman–Crippen LogP) is 4.36. The van der Waals surface area contributed by atoms with E-state index in [2.05, 4.69) is 39.8 Å². The van der Waals surface area contributed by atoms with Crippen molar-refractivity contribution in [2.24, 2.45) is 5.73 Å². The molecule has 0 bridgehead atoms. The third kappa shape index (κ3) is 3.54. The van der Waals surface area contributed by atoms with E-state index in [1.807, 2.05) is 6.07 Å². The number of nitrogens with zero attached hydrogens (tertiary/aromatic N) is 1. The van der Waals surface area contributed by atoms with E-state index in [-0.39, 0.29) is 28.8 Å². The second kappa shape index (κ2) is 7.06. The van der Waals surface area contributed by atoms with Crippen LogP contribution in [0.3, 0.4) is 0 Å². The van der Waals surface area contributed by atoms with Crippen molar-refractivity contribution in [2.45, 2.75) is 51.4 Å². The first-order chi connectivity index (χ1) is 13.1. The average Bonchev–Trinajstić information content (AvgIpc) is 2.66. The molecule has 0 heterocycles. The number of aromatic carboxylic acids is 1. The van der Waals surface area contributed by atoms with Gasteiger partial charge < -0.3 is 10.8 Å². The number of carboxylic acid groups (broad SMARTS) is 1. The number of nitrogens with two attached hydrogens (primary N) is 1. The van der Waals surface area contributed by atoms with Crippen molar-refractivity contribution in [3.63, 3.8) is 0 Å². The molecular weight excluding hydrogens is 352 g/mol. The van der Waals surface area contributed by atoms with Gasteiger partial charge >= 0.3 is 5.97 Å². The van der Waals surface area contributed by atoms with Gasteiger partial charge in [-0.05, 0) is 71.2 Å². The number of carboxylic acids is 1. The Hall–Kier alpha value is -2.66. The summed E-state index contributed by atoms with van der Waals surface area (Å²) in [6, 6.07) is 12.5. The van der Waals surface area contributed by atoms with Crippen molar-refractivity contribution >= 4 is 23.3 Å². The highest BCUT2D eigenvalue weighted by molar-refractivity contribution is 6.02. The van der Waals surface area contributed by atoms with Gasteiger partial charge in [-0.3, -0.25) is 9.69 Å². The molecule has 28 heavy (non-hydrogen) atoms. The summed E-state index contributed by atoms with van der Waals surface area (Å²) in [5.74, 6) is -1.24. The van der Waals surface area contributed by atoms with Crippen LogP contribution in [0, 0.1) is 0 Å². The molecule has 1 aliphatic rings. The topological polar surface area (TPSA) is 83.6 Å². The van der Waals surface area contributed by atoms with E-state index >= 15 is 0 Å². The number of carbonyl (C=O) groups is 2. The summed E-state index contributed by atoms with van der Waals surface area (Å²) in [5, 5.41) is 9.13. The van der Waals surface area contributed by atoms with Crippen LogP contribution in [-0.4, -0.2) is 23.5 Å². The van der Waals surface area contributed by atoms with E-state index in [0.717, 1.165) is 18.5 Å². The molecule has 0 spiro atoms. The quantitative estimate of drug-likeness (QED) is 0.826. The maximum absolute atomic E-state index is 12.7. The second-order valence-electron chi connectivity index (χ2n) is 8.78. The zero-order valence-electron chi connectivity index (χ0n) is 17.0. The lowest BCUT2D eigenvalue weighted by atomic mass is 9.63. The average molecular weight is 380 g/mol. The van der Waals surface area contributed by atoms with Crippen LogP contribution >= 0.6 is 0 Å². The Balaban J connectivity index is 2.12. The summed E-state index contributed by atoms with van der Waals surface area (Å²) >= 11 is 0. The molecule has 0 saturated carbocycles. The van der Waals surface area contributed by atoms with Gasteiger partial charge in [-0.2, -0.15) is 0 Å². The minimum absolute atomic E-state index is 0.0193. The zero-order valence-corrected chi connectivity index (χ0v) is 17.0. The van der Waals surface area contributed by atoms with Crippen LogP contribution in [0.1, 0.15) is 62.0 Å². The SMILES string of the molecule is CC1(C)CCC(C)(C)c2cc(N(C(=O)CN)c3ccc(C(=O)O)cc3)ccc21. The van der Waals surface area contributed by atoms with Gasteiger partial charge in [-0.15, -0.1) is 0 Å². The van der Waals surface area contributed by atoms with Crippen LogP contribution in [0.25, 0.3) is 0 Å². The zero-order chi connectivity index (χ0) is 20.7. The fraction of sp³-hybridized carbons (Fsp3) is 0.391. The Bertz CT molecular complexity index is 914. The van der Waals surface area contributed by atoms with Crippen LogP contribution in [0.2, 0.25) is 0 Å². The van der Waals surface area contributed by atoms with Crippen molar-refractivity contribution < 1.29 is 14.7 Å². The third-order valence-electron chi connectivity index (χ3n) is 5.89. The van der Waals surface area contributed by atoms with Crippen LogP contribution in [0.4, 0.5) is 11.4 Å². The predicted molar refractivity (Wildman–Crippen MR) is 111 cm³/mol. The Morgan fingerprint density at radius 3 is 2.00 bits per heavy atom. The van der Waals surface area contributed by atoms with E-state index in [1.165, 1.54) is 23.3 Å². The van der Waals surface area contributed by atoms with Crippen LogP contribution in [-0.2, 0) is 15.6 Å². The number of rotatable bonds is 4. The molecule has 5 heteroatoms. The molecule has 1 aliphatic carbocycles. The Morgan fingerprint density at radius 2 is 1.46 bits per heavy atom. The third-order valence-corrected chi connectivity index (χ3v) is 5.89. The van der Waals surface area contributed by atoms with E-state index in [4.69, 9.17) is 10.8 Å². The molecule has 0 saturated heterocycles. The maximum Gasteiger partial charge on any atom is 0.335 e. The van der Waals surface area contributed by atoms with Crippen LogP contribution < -0.4 is 10.6 Å². The van der Waals surface area contributed by atoms with Gasteiger partial charge in [-0.25, -0.2) is 4.79 Å². The standard InChI is InChI=1S/C23H28N2O3/c1-22(2)11-12-23(3,4)19-13-17(9-10-18(19)22)25(20(26)14-24)16-7-5-15(6-8-16)21(27)28/h5-10,13H,11-12,14,24H2,1-4H3,(H,27,28). The number of carbonyl (C=O) groups excluding carboxylic acids is 1. The lowest BCUT2D eigenvalue weighted by Crippen LogP contribution is -2.35. The van der Waals surface area contributed by atoms with Gasteiger partial charge in [0.2, 0.25) is 5.91 Å². The van der Waals surface area contributed by atoms with Gasteiger partial charge in [0.05, 0.1) is 12.1 Å². The number of hydrogen-bond acceptors (Lipinski definition) is 3. The lowest BCUT2D eigenvalue weighted by Gasteiger charge is -2.42. The molecule has 2 aromatic rings. The smallest absolute Gasteiger partial charge is 0.335 e. The van der Waals surface area contributed by atoms with Gasteiger partial charge in [0.1, 0.15) is 0 Å². The summed E-state index contributed by atoms with van der Waals surface area (Å²) in [7, 11) is 0. The summed E-state index contributed by atoms with van der Waals surface area (Å²) < 4.78 is 0. The summed E-state index contributed by atoms with van der Waals surface area (Å²) in [6.07, 6.45) is 2.20. The molecular formula is C23H28N2O3. The van der Waals surface area contributed by atoms with Crippen molar-refractivity contribution in [3.8, 4) is 0 Å². The Labute approximate surface area is 166 Å². The number of amides is 1. The highest BCUT2D eigenvalue weighted by Crippen LogP contribution is 2.47. The first-order valence-corrected chi connectivity index (χ1v) is 9.58. The molecule has 148 valence electrons. The van der Waals surface area contributed by atoms with Gasteiger partial charge in [0, 0.05) is 11.4 Å². The van der Waals surface area contributed by atoms with Crippen molar-refractivity contribution in [1.29, 1.82) is 0 Å². The maximum atomic E-state index is 12.7. The minimum atomic E-state index is -0.999. The largest absolute Gasteiger partial charge is 0.478 e. The molecule has 0 fully saturated rings. The van der Waals surface area contributed by atoms with E-state index < -0.39 is 5.97 Å². The first kappa shape index (κ1) is 20.1. The van der Waals surface area contributed by atoms with E-state index in [0.29, 0.717) is 5.69 Å². The van der Waals surface area contributed by atoms with Crippen LogP contribution in [0.5, 0.6) is 0 Å². The molecule has 0 aliphatic heterocycles. The molecule has 0 aromatic heterocycles. The Morgan fingerprint density at radius 1 is 0.929 bits per heavy atom. The van der Waals surface area contributed by atoms with E-state index in [1.54, 1.807) is 17.0 Å². The molecule has 2 aromatic carbocycles. The molecule has 3 N–H and O–H groups in total. The number of hydrogen-bond donors (Lipinski definition) is 2. The molecule has 0 atom stereocenters. The van der Waals surface area contributed by atoms with Gasteiger partial charge in [-0.1, -0.05) is 33.8 Å². The Kier molecular flexibility index (Phi) is 5.06. The molecule has 3 rings (SSSR count). The molecule has 0 radical (unpaired) electrons. The number of fused-ring (bicyclic) bond motifs is 1. The number of anilines is 2. The minimum Gasteiger partial charge on any atom is -0.478 e. The van der Waals surface area contributed by atoms with Crippen LogP contribution in [0.15, 0.2) is 42.5 Å². The summed E-state index contributed by atoms with van der Waals surface area (Å²) in [6.45, 7) is 8.86. The molecule has 0 unspecified atom stereocenters. The van der Waals surface area contributed by atoms with Gasteiger partial charge in [0.25, 0.3) is 0 Å². The lowest BCUT2D eigenvalue weighted by molar-refractivity contribution is -0.116. The van der Waals surface area contributed by atoms with Crippen molar-refractivity contribution in [1.82, 2.24) is 0 Å². The van der Waals surface area contributed by atoms with E-state index in [9.17, 15) is 9.59 Å². The summed E-state index contributed by atoms with van der Waals surface area (Å²) in [4.78, 5) is 25.4. The van der Waals surface area contributed by atoms with Gasteiger partial charge in [0.15, 0.2) is 0 Å². The second-order valence-corrected chi connectivity index (χ2v) is 8.78. The molecule has 1 amide bonds.